The minimum atomic E-state index is -0.364. The molecule has 1 atom stereocenters. The van der Waals surface area contributed by atoms with E-state index in [9.17, 15) is 5.11 Å². The van der Waals surface area contributed by atoms with Crippen LogP contribution in [0, 0.1) is 11.3 Å². The van der Waals surface area contributed by atoms with Crippen LogP contribution in [0.15, 0.2) is 18.2 Å². The van der Waals surface area contributed by atoms with Crippen LogP contribution in [-0.2, 0) is 0 Å². The number of ether oxygens (including phenoxy) is 2. The first-order valence-corrected chi connectivity index (χ1v) is 7.11. The second-order valence-corrected chi connectivity index (χ2v) is 5.26. The number of hydrogen-bond donors (Lipinski definition) is 1. The Bertz CT molecular complexity index is 481. The van der Waals surface area contributed by atoms with Crippen molar-refractivity contribution >= 4 is 0 Å². The molecule has 0 heterocycles. The van der Waals surface area contributed by atoms with Crippen molar-refractivity contribution in [1.82, 2.24) is 4.90 Å². The van der Waals surface area contributed by atoms with E-state index in [1.165, 1.54) is 0 Å². The van der Waals surface area contributed by atoms with Gasteiger partial charge in [-0.1, -0.05) is 0 Å². The summed E-state index contributed by atoms with van der Waals surface area (Å²) in [5.74, 6) is 1.18. The standard InChI is InChI=1S/C16H24N2O3/c1-12(2)18(11-13(3)19)7-8-21-15-6-5-14(10-17)9-16(15)20-4/h5-6,9,12-13,19H,7-8,11H2,1-4H3. The van der Waals surface area contributed by atoms with Crippen molar-refractivity contribution in [3.8, 4) is 17.6 Å². The van der Waals surface area contributed by atoms with E-state index in [0.717, 1.165) is 0 Å². The average molecular weight is 292 g/mol. The first-order valence-electron chi connectivity index (χ1n) is 7.11. The highest BCUT2D eigenvalue weighted by atomic mass is 16.5. The number of nitrogens with zero attached hydrogens (tertiary/aromatic N) is 2. The molecular weight excluding hydrogens is 268 g/mol. The maximum Gasteiger partial charge on any atom is 0.162 e. The molecule has 0 amide bonds. The molecule has 1 aromatic rings. The highest BCUT2D eigenvalue weighted by Crippen LogP contribution is 2.27. The van der Waals surface area contributed by atoms with Crippen molar-refractivity contribution in [3.05, 3.63) is 23.8 Å². The minimum absolute atomic E-state index is 0.339. The van der Waals surface area contributed by atoms with E-state index in [-0.39, 0.29) is 6.10 Å². The number of rotatable bonds is 8. The highest BCUT2D eigenvalue weighted by molar-refractivity contribution is 5.46. The van der Waals surface area contributed by atoms with E-state index in [1.54, 1.807) is 32.2 Å². The van der Waals surface area contributed by atoms with Gasteiger partial charge in [-0.05, 0) is 32.9 Å². The van der Waals surface area contributed by atoms with E-state index >= 15 is 0 Å². The minimum Gasteiger partial charge on any atom is -0.493 e. The van der Waals surface area contributed by atoms with Crippen LogP contribution in [0.1, 0.15) is 26.3 Å². The number of nitriles is 1. The lowest BCUT2D eigenvalue weighted by molar-refractivity contribution is 0.0951. The predicted octanol–water partition coefficient (Wildman–Crippen LogP) is 2.04. The molecule has 5 nitrogen and oxygen atoms in total. The molecule has 1 N–H and O–H groups in total. The van der Waals surface area contributed by atoms with Gasteiger partial charge < -0.3 is 14.6 Å². The lowest BCUT2D eigenvalue weighted by Crippen LogP contribution is -2.39. The molecule has 0 bridgehead atoms. The third-order valence-electron chi connectivity index (χ3n) is 3.16. The van der Waals surface area contributed by atoms with Gasteiger partial charge in [-0.15, -0.1) is 0 Å². The van der Waals surface area contributed by atoms with Crippen LogP contribution >= 0.6 is 0 Å². The summed E-state index contributed by atoms with van der Waals surface area (Å²) in [7, 11) is 1.55. The topological polar surface area (TPSA) is 65.7 Å². The van der Waals surface area contributed by atoms with E-state index in [2.05, 4.69) is 24.8 Å². The number of hydrogen-bond acceptors (Lipinski definition) is 5. The normalized spacial score (nSPS) is 12.3. The summed E-state index contributed by atoms with van der Waals surface area (Å²) in [6.45, 7) is 7.78. The fourth-order valence-corrected chi connectivity index (χ4v) is 2.03. The molecule has 0 aliphatic carbocycles. The molecule has 5 heteroatoms. The molecule has 21 heavy (non-hydrogen) atoms. The zero-order valence-electron chi connectivity index (χ0n) is 13.2. The van der Waals surface area contributed by atoms with Gasteiger partial charge in [-0.3, -0.25) is 4.90 Å². The van der Waals surface area contributed by atoms with Crippen molar-refractivity contribution < 1.29 is 14.6 Å². The Kier molecular flexibility index (Phi) is 7.00. The Labute approximate surface area is 126 Å². The fraction of sp³-hybridized carbons (Fsp3) is 0.562. The van der Waals surface area contributed by atoms with Crippen molar-refractivity contribution in [2.45, 2.75) is 32.9 Å². The molecule has 0 aromatic heterocycles. The summed E-state index contributed by atoms with van der Waals surface area (Å²) >= 11 is 0. The van der Waals surface area contributed by atoms with Crippen LogP contribution in [0.25, 0.3) is 0 Å². The quantitative estimate of drug-likeness (QED) is 0.794. The Balaban J connectivity index is 2.60. The highest BCUT2D eigenvalue weighted by Gasteiger charge is 2.13. The van der Waals surface area contributed by atoms with Crippen molar-refractivity contribution in [2.75, 3.05) is 26.8 Å². The molecule has 116 valence electrons. The molecule has 0 spiro atoms. The smallest absolute Gasteiger partial charge is 0.162 e. The van der Waals surface area contributed by atoms with Crippen LogP contribution in [-0.4, -0.2) is 49.0 Å². The van der Waals surface area contributed by atoms with Crippen LogP contribution in [0.5, 0.6) is 11.5 Å². The van der Waals surface area contributed by atoms with Gasteiger partial charge in [-0.25, -0.2) is 0 Å². The summed E-state index contributed by atoms with van der Waals surface area (Å²) in [6, 6.07) is 7.51. The number of benzene rings is 1. The molecule has 0 aliphatic heterocycles. The third-order valence-corrected chi connectivity index (χ3v) is 3.16. The van der Waals surface area contributed by atoms with Gasteiger partial charge in [0.1, 0.15) is 6.61 Å². The van der Waals surface area contributed by atoms with Gasteiger partial charge in [0.15, 0.2) is 11.5 Å². The zero-order valence-corrected chi connectivity index (χ0v) is 13.2. The van der Waals surface area contributed by atoms with Crippen LogP contribution < -0.4 is 9.47 Å². The van der Waals surface area contributed by atoms with Gasteiger partial charge in [0, 0.05) is 25.2 Å². The van der Waals surface area contributed by atoms with Gasteiger partial charge in [0.2, 0.25) is 0 Å². The molecule has 1 rings (SSSR count). The summed E-state index contributed by atoms with van der Waals surface area (Å²) in [5.41, 5.74) is 0.539. The molecular formula is C16H24N2O3. The van der Waals surface area contributed by atoms with Crippen molar-refractivity contribution in [3.63, 3.8) is 0 Å². The Morgan fingerprint density at radius 2 is 2.00 bits per heavy atom. The molecule has 0 saturated heterocycles. The molecule has 0 fully saturated rings. The van der Waals surface area contributed by atoms with E-state index in [4.69, 9.17) is 14.7 Å². The lowest BCUT2D eigenvalue weighted by atomic mass is 10.2. The number of aliphatic hydroxyl groups excluding tert-OH is 1. The number of methoxy groups -OCH3 is 1. The zero-order chi connectivity index (χ0) is 15.8. The van der Waals surface area contributed by atoms with Gasteiger partial charge >= 0.3 is 0 Å². The molecule has 1 aromatic carbocycles. The predicted molar refractivity (Wildman–Crippen MR) is 81.6 cm³/mol. The summed E-state index contributed by atoms with van der Waals surface area (Å²) in [4.78, 5) is 2.15. The first-order chi connectivity index (χ1) is 9.97. The number of aliphatic hydroxyl groups is 1. The summed E-state index contributed by atoms with van der Waals surface area (Å²) in [5, 5.41) is 18.4. The maximum atomic E-state index is 9.49. The van der Waals surface area contributed by atoms with Gasteiger partial charge in [0.25, 0.3) is 0 Å². The van der Waals surface area contributed by atoms with E-state index < -0.39 is 0 Å². The second kappa shape index (κ2) is 8.50. The van der Waals surface area contributed by atoms with Crippen molar-refractivity contribution in [1.29, 1.82) is 5.26 Å². The SMILES string of the molecule is COc1cc(C#N)ccc1OCCN(CC(C)O)C(C)C. The Morgan fingerprint density at radius 3 is 2.52 bits per heavy atom. The molecule has 0 aliphatic rings. The van der Waals surface area contributed by atoms with Crippen LogP contribution in [0.4, 0.5) is 0 Å². The van der Waals surface area contributed by atoms with E-state index in [0.29, 0.717) is 42.8 Å². The summed E-state index contributed by atoms with van der Waals surface area (Å²) in [6.07, 6.45) is -0.364. The fourth-order valence-electron chi connectivity index (χ4n) is 2.03. The first kappa shape index (κ1) is 17.3. The monoisotopic (exact) mass is 292 g/mol. The maximum absolute atomic E-state index is 9.49. The van der Waals surface area contributed by atoms with Gasteiger partial charge in [0.05, 0.1) is 24.8 Å². The van der Waals surface area contributed by atoms with E-state index in [1.807, 2.05) is 0 Å². The van der Waals surface area contributed by atoms with Crippen LogP contribution in [0.3, 0.4) is 0 Å². The van der Waals surface area contributed by atoms with Crippen LogP contribution in [0.2, 0.25) is 0 Å². The Hall–Kier alpha value is -1.77. The summed E-state index contributed by atoms with van der Waals surface area (Å²) < 4.78 is 11.0. The molecule has 0 saturated carbocycles. The van der Waals surface area contributed by atoms with Gasteiger partial charge in [-0.2, -0.15) is 5.26 Å². The Morgan fingerprint density at radius 1 is 1.29 bits per heavy atom. The largest absolute Gasteiger partial charge is 0.493 e. The lowest BCUT2D eigenvalue weighted by Gasteiger charge is -2.27. The average Bonchev–Trinajstić information content (AvgIpc) is 2.45. The van der Waals surface area contributed by atoms with Crippen molar-refractivity contribution in [2.24, 2.45) is 0 Å². The third kappa shape index (κ3) is 5.62. The molecule has 1 unspecified atom stereocenters. The second-order valence-electron chi connectivity index (χ2n) is 5.26. The molecule has 0 radical (unpaired) electrons.